The second-order valence-corrected chi connectivity index (χ2v) is 4.88. The molecule has 9 heteroatoms. The van der Waals surface area contributed by atoms with Crippen LogP contribution in [0.2, 0.25) is 0 Å². The smallest absolute Gasteiger partial charge is 0.352 e. The lowest BCUT2D eigenvalue weighted by Crippen LogP contribution is -2.39. The highest BCUT2D eigenvalue weighted by Crippen LogP contribution is 2.33. The number of hydrogen-bond donors (Lipinski definition) is 2. The zero-order chi connectivity index (χ0) is 17.1. The fraction of sp³-hybridized carbons (Fsp3) is 0.286. The van der Waals surface area contributed by atoms with Gasteiger partial charge in [-0.2, -0.15) is 5.10 Å². The molecule has 2 N–H and O–H groups in total. The van der Waals surface area contributed by atoms with Gasteiger partial charge < -0.3 is 10.2 Å². The van der Waals surface area contributed by atoms with Crippen LogP contribution in [0.4, 0.5) is 5.69 Å². The van der Waals surface area contributed by atoms with E-state index in [9.17, 15) is 29.9 Å². The number of carboxylic acid groups (broad SMARTS) is 2. The van der Waals surface area contributed by atoms with Gasteiger partial charge in [0.15, 0.2) is 5.71 Å². The molecule has 1 heterocycles. The maximum absolute atomic E-state index is 11.6. The van der Waals surface area contributed by atoms with Gasteiger partial charge >= 0.3 is 11.9 Å². The Balaban J connectivity index is 2.62. The molecule has 0 aliphatic carbocycles. The van der Waals surface area contributed by atoms with Crippen LogP contribution in [0.15, 0.2) is 34.5 Å². The Bertz CT molecular complexity index is 740. The molecule has 0 saturated carbocycles. The number of benzene rings is 1. The van der Waals surface area contributed by atoms with Gasteiger partial charge in [-0.15, -0.1) is 5.10 Å². The minimum atomic E-state index is -1.41. The number of hydrogen-bond acceptors (Lipinski definition) is 6. The molecular weight excluding hydrogens is 306 g/mol. The Labute approximate surface area is 130 Å². The van der Waals surface area contributed by atoms with Crippen molar-refractivity contribution in [1.82, 2.24) is 0 Å². The van der Waals surface area contributed by atoms with Crippen molar-refractivity contribution >= 4 is 29.0 Å². The Hall–Kier alpha value is -3.10. The van der Waals surface area contributed by atoms with E-state index in [1.54, 1.807) is 6.92 Å². The minimum absolute atomic E-state index is 0.202. The van der Waals surface area contributed by atoms with E-state index < -0.39 is 34.4 Å². The first-order valence-corrected chi connectivity index (χ1v) is 6.71. The summed E-state index contributed by atoms with van der Waals surface area (Å²) >= 11 is 0. The summed E-state index contributed by atoms with van der Waals surface area (Å²) in [5.41, 5.74) is -0.278. The predicted octanol–water partition coefficient (Wildman–Crippen LogP) is 1.68. The Morgan fingerprint density at radius 3 is 2.52 bits per heavy atom. The molecule has 0 spiro atoms. The summed E-state index contributed by atoms with van der Waals surface area (Å²) in [5.74, 6) is -5.04. The molecule has 9 nitrogen and oxygen atoms in total. The Morgan fingerprint density at radius 1 is 1.30 bits per heavy atom. The first-order chi connectivity index (χ1) is 10.9. The van der Waals surface area contributed by atoms with Crippen molar-refractivity contribution in [3.05, 3.63) is 39.9 Å². The maximum atomic E-state index is 11.6. The fourth-order valence-corrected chi connectivity index (χ4v) is 2.53. The minimum Gasteiger partial charge on any atom is -0.481 e. The number of nitro benzene ring substituents is 1. The average molecular weight is 319 g/mol. The van der Waals surface area contributed by atoms with E-state index in [0.717, 1.165) is 6.07 Å². The van der Waals surface area contributed by atoms with Crippen LogP contribution in [0.3, 0.4) is 0 Å². The number of carboxylic acids is 2. The zero-order valence-electron chi connectivity index (χ0n) is 12.0. The summed E-state index contributed by atoms with van der Waals surface area (Å²) in [6, 6.07) is 5.24. The van der Waals surface area contributed by atoms with Crippen LogP contribution in [-0.4, -0.2) is 38.5 Å². The first kappa shape index (κ1) is 16.3. The standard InChI is InChI=1S/C14H13N3O6/c1-2-9-11(13(18)19)10(12(14(20)21)16-15-9)7-4-3-5-8(6-7)17(22)23/h3-6,10-11H,2H2,1H3,(H,18,19)(H,20,21). The second-order valence-electron chi connectivity index (χ2n) is 4.88. The van der Waals surface area contributed by atoms with E-state index >= 15 is 0 Å². The molecule has 1 aliphatic heterocycles. The summed E-state index contributed by atoms with van der Waals surface area (Å²) in [4.78, 5) is 33.3. The van der Waals surface area contributed by atoms with Gasteiger partial charge in [-0.25, -0.2) is 4.79 Å². The number of carbonyl (C=O) groups is 2. The third-order valence-corrected chi connectivity index (χ3v) is 3.56. The van der Waals surface area contributed by atoms with Gasteiger partial charge in [0.25, 0.3) is 5.69 Å². The van der Waals surface area contributed by atoms with Crippen LogP contribution in [-0.2, 0) is 9.59 Å². The lowest BCUT2D eigenvalue weighted by molar-refractivity contribution is -0.384. The van der Waals surface area contributed by atoms with Crippen LogP contribution in [0.25, 0.3) is 0 Å². The molecule has 120 valence electrons. The van der Waals surface area contributed by atoms with Crippen LogP contribution in [0, 0.1) is 16.0 Å². The van der Waals surface area contributed by atoms with E-state index in [1.165, 1.54) is 18.2 Å². The van der Waals surface area contributed by atoms with Crippen molar-refractivity contribution < 1.29 is 24.7 Å². The molecule has 0 radical (unpaired) electrons. The molecule has 0 amide bonds. The predicted molar refractivity (Wildman–Crippen MR) is 79.8 cm³/mol. The highest BCUT2D eigenvalue weighted by molar-refractivity contribution is 6.39. The largest absolute Gasteiger partial charge is 0.481 e. The third-order valence-electron chi connectivity index (χ3n) is 3.56. The van der Waals surface area contributed by atoms with Gasteiger partial charge in [-0.05, 0) is 12.0 Å². The van der Waals surface area contributed by atoms with Crippen LogP contribution in [0.1, 0.15) is 24.8 Å². The first-order valence-electron chi connectivity index (χ1n) is 6.71. The number of rotatable bonds is 5. The monoisotopic (exact) mass is 319 g/mol. The molecule has 2 unspecified atom stereocenters. The Morgan fingerprint density at radius 2 is 2.00 bits per heavy atom. The fourth-order valence-electron chi connectivity index (χ4n) is 2.53. The molecule has 0 bridgehead atoms. The van der Waals surface area contributed by atoms with E-state index in [2.05, 4.69) is 10.2 Å². The quantitative estimate of drug-likeness (QED) is 0.624. The summed E-state index contributed by atoms with van der Waals surface area (Å²) in [6.45, 7) is 1.68. The summed E-state index contributed by atoms with van der Waals surface area (Å²) in [6.07, 6.45) is 0.277. The molecular formula is C14H13N3O6. The topological polar surface area (TPSA) is 142 Å². The van der Waals surface area contributed by atoms with Crippen molar-refractivity contribution in [1.29, 1.82) is 0 Å². The summed E-state index contributed by atoms with van der Waals surface area (Å²) in [7, 11) is 0. The molecule has 23 heavy (non-hydrogen) atoms. The normalized spacial score (nSPS) is 20.4. The molecule has 1 aromatic rings. The van der Waals surface area contributed by atoms with Gasteiger partial charge in [-0.1, -0.05) is 19.1 Å². The van der Waals surface area contributed by atoms with Gasteiger partial charge in [0.1, 0.15) is 5.92 Å². The molecule has 0 aromatic heterocycles. The number of nitrogens with zero attached hydrogens (tertiary/aromatic N) is 3. The van der Waals surface area contributed by atoms with E-state index in [-0.39, 0.29) is 23.4 Å². The summed E-state index contributed by atoms with van der Waals surface area (Å²) in [5, 5.41) is 37.0. The highest BCUT2D eigenvalue weighted by atomic mass is 16.6. The number of aliphatic carboxylic acids is 2. The van der Waals surface area contributed by atoms with Crippen LogP contribution in [0.5, 0.6) is 0 Å². The van der Waals surface area contributed by atoms with Crippen LogP contribution >= 0.6 is 0 Å². The molecule has 0 fully saturated rings. The number of nitro groups is 1. The molecule has 2 atom stereocenters. The van der Waals surface area contributed by atoms with Crippen molar-refractivity contribution in [2.24, 2.45) is 16.1 Å². The van der Waals surface area contributed by atoms with E-state index in [0.29, 0.717) is 0 Å². The average Bonchev–Trinajstić information content (AvgIpc) is 2.53. The van der Waals surface area contributed by atoms with Crippen molar-refractivity contribution in [2.75, 3.05) is 0 Å². The lowest BCUT2D eigenvalue weighted by Gasteiger charge is -2.27. The highest BCUT2D eigenvalue weighted by Gasteiger charge is 2.42. The van der Waals surface area contributed by atoms with Gasteiger partial charge in [0, 0.05) is 12.1 Å². The van der Waals surface area contributed by atoms with E-state index in [1.807, 2.05) is 0 Å². The molecule has 1 aromatic carbocycles. The molecule has 0 saturated heterocycles. The van der Waals surface area contributed by atoms with Gasteiger partial charge in [0.05, 0.1) is 16.6 Å². The lowest BCUT2D eigenvalue weighted by atomic mass is 9.78. The van der Waals surface area contributed by atoms with Crippen molar-refractivity contribution in [3.8, 4) is 0 Å². The molecule has 2 rings (SSSR count). The van der Waals surface area contributed by atoms with Crippen LogP contribution < -0.4 is 0 Å². The van der Waals surface area contributed by atoms with Crippen molar-refractivity contribution in [2.45, 2.75) is 19.3 Å². The number of non-ortho nitro benzene ring substituents is 1. The summed E-state index contributed by atoms with van der Waals surface area (Å²) < 4.78 is 0. The van der Waals surface area contributed by atoms with Crippen molar-refractivity contribution in [3.63, 3.8) is 0 Å². The van der Waals surface area contributed by atoms with E-state index in [4.69, 9.17) is 0 Å². The van der Waals surface area contributed by atoms with Gasteiger partial charge in [-0.3, -0.25) is 14.9 Å². The third kappa shape index (κ3) is 3.07. The Kier molecular flexibility index (Phi) is 4.49. The van der Waals surface area contributed by atoms with Gasteiger partial charge in [0.2, 0.25) is 0 Å². The maximum Gasteiger partial charge on any atom is 0.352 e. The molecule has 1 aliphatic rings. The zero-order valence-corrected chi connectivity index (χ0v) is 12.0. The second kappa shape index (κ2) is 6.34. The SMILES string of the molecule is CCC1=NN=C(C(=O)O)C(c2cccc([N+](=O)[O-])c2)C1C(=O)O.